The Balaban J connectivity index is 0. The molecular formula is C2HF6NNaO4S2. The normalized spacial score (nSPS) is 14.4. The Morgan fingerprint density at radius 3 is 1.00 bits per heavy atom. The third kappa shape index (κ3) is 4.37. The van der Waals surface area contributed by atoms with Crippen molar-refractivity contribution in [2.24, 2.45) is 0 Å². The molecule has 0 unspecified atom stereocenters. The van der Waals surface area contributed by atoms with Gasteiger partial charge >= 0.3 is 31.1 Å². The van der Waals surface area contributed by atoms with Gasteiger partial charge in [-0.2, -0.15) is 26.3 Å². The Bertz CT molecular complexity index is 390. The fourth-order valence-electron chi connectivity index (χ4n) is 0.239. The van der Waals surface area contributed by atoms with Gasteiger partial charge in [-0.05, 0) is 0 Å². The first-order valence-electron chi connectivity index (χ1n) is 2.62. The van der Waals surface area contributed by atoms with Gasteiger partial charge in [-0.1, -0.05) is 4.13 Å². The van der Waals surface area contributed by atoms with Gasteiger partial charge in [0, 0.05) is 29.6 Å². The van der Waals surface area contributed by atoms with Crippen molar-refractivity contribution in [3.63, 3.8) is 0 Å². The number of hydrogen-bond donors (Lipinski definition) is 1. The SMILES string of the molecule is O=S(=O)(NS(=O)(=O)C(F)(F)F)C(F)(F)F.[Na]. The molecule has 14 heteroatoms. The van der Waals surface area contributed by atoms with Crippen molar-refractivity contribution >= 4 is 49.6 Å². The van der Waals surface area contributed by atoms with E-state index in [0.717, 1.165) is 0 Å². The number of halogens is 6. The monoisotopic (exact) mass is 304 g/mol. The largest absolute Gasteiger partial charge is 0.512 e. The van der Waals surface area contributed by atoms with Crippen molar-refractivity contribution in [3.05, 3.63) is 0 Å². The van der Waals surface area contributed by atoms with E-state index in [2.05, 4.69) is 0 Å². The molecule has 0 rings (SSSR count). The zero-order chi connectivity index (χ0) is 12.7. The second kappa shape index (κ2) is 4.97. The zero-order valence-electron chi connectivity index (χ0n) is 7.22. The van der Waals surface area contributed by atoms with Gasteiger partial charge in [0.2, 0.25) is 0 Å². The first-order valence-corrected chi connectivity index (χ1v) is 5.58. The van der Waals surface area contributed by atoms with E-state index in [0.29, 0.717) is 0 Å². The number of alkyl halides is 6. The van der Waals surface area contributed by atoms with Crippen molar-refractivity contribution in [2.75, 3.05) is 0 Å². The Morgan fingerprint density at radius 1 is 0.688 bits per heavy atom. The van der Waals surface area contributed by atoms with Crippen molar-refractivity contribution in [1.29, 1.82) is 0 Å². The van der Waals surface area contributed by atoms with Crippen LogP contribution in [-0.2, 0) is 20.0 Å². The fraction of sp³-hybridized carbons (Fsp3) is 1.00. The van der Waals surface area contributed by atoms with Crippen LogP contribution in [0.4, 0.5) is 26.3 Å². The van der Waals surface area contributed by atoms with E-state index < -0.39 is 35.2 Å². The molecule has 16 heavy (non-hydrogen) atoms. The molecule has 0 atom stereocenters. The minimum Gasteiger partial charge on any atom is -0.202 e. The summed E-state index contributed by atoms with van der Waals surface area (Å²) in [6.07, 6.45) is 0. The number of rotatable bonds is 2. The van der Waals surface area contributed by atoms with Crippen LogP contribution >= 0.6 is 0 Å². The van der Waals surface area contributed by atoms with E-state index in [-0.39, 0.29) is 29.6 Å². The van der Waals surface area contributed by atoms with E-state index in [9.17, 15) is 43.2 Å². The maximum atomic E-state index is 11.5. The van der Waals surface area contributed by atoms with Gasteiger partial charge in [-0.15, -0.1) is 0 Å². The van der Waals surface area contributed by atoms with Gasteiger partial charge in [0.05, 0.1) is 0 Å². The molecule has 0 spiro atoms. The molecule has 1 N–H and O–H groups in total. The fourth-order valence-corrected chi connectivity index (χ4v) is 2.15. The molecule has 0 aliphatic heterocycles. The van der Waals surface area contributed by atoms with Gasteiger partial charge in [0.1, 0.15) is 0 Å². The molecule has 0 fully saturated rings. The molecule has 0 aliphatic carbocycles. The van der Waals surface area contributed by atoms with E-state index >= 15 is 0 Å². The van der Waals surface area contributed by atoms with Gasteiger partial charge < -0.3 is 0 Å². The first-order chi connectivity index (χ1) is 6.21. The van der Waals surface area contributed by atoms with Gasteiger partial charge in [0.25, 0.3) is 0 Å². The summed E-state index contributed by atoms with van der Waals surface area (Å²) in [6, 6.07) is 0. The molecule has 0 aromatic carbocycles. The topological polar surface area (TPSA) is 80.3 Å². The molecule has 0 saturated carbocycles. The Kier molecular flexibility index (Phi) is 5.84. The summed E-state index contributed by atoms with van der Waals surface area (Å²) in [5, 5.41) is 0. The average molecular weight is 304 g/mol. The molecular weight excluding hydrogens is 303 g/mol. The van der Waals surface area contributed by atoms with E-state index in [1.807, 2.05) is 0 Å². The van der Waals surface area contributed by atoms with Crippen LogP contribution in [0.3, 0.4) is 0 Å². The molecule has 0 aliphatic rings. The van der Waals surface area contributed by atoms with Crippen LogP contribution in [0.5, 0.6) is 0 Å². The van der Waals surface area contributed by atoms with E-state index in [4.69, 9.17) is 0 Å². The summed E-state index contributed by atoms with van der Waals surface area (Å²) in [4.78, 5) is 0. The van der Waals surface area contributed by atoms with E-state index in [1.54, 1.807) is 0 Å². The quantitative estimate of drug-likeness (QED) is 0.570. The number of sulfonamides is 2. The predicted molar refractivity (Wildman–Crippen MR) is 38.8 cm³/mol. The van der Waals surface area contributed by atoms with Crippen molar-refractivity contribution < 1.29 is 43.2 Å². The van der Waals surface area contributed by atoms with Crippen LogP contribution in [0, 0.1) is 0 Å². The second-order valence-electron chi connectivity index (χ2n) is 1.98. The minimum atomic E-state index is -6.60. The predicted octanol–water partition coefficient (Wildman–Crippen LogP) is -0.106. The number of hydrogen-bond acceptors (Lipinski definition) is 4. The number of nitrogens with one attached hydrogen (secondary N) is 1. The average Bonchev–Trinajstić information content (AvgIpc) is 1.77. The van der Waals surface area contributed by atoms with Crippen LogP contribution < -0.4 is 4.13 Å². The molecule has 0 aromatic heterocycles. The van der Waals surface area contributed by atoms with Crippen LogP contribution in [-0.4, -0.2) is 57.4 Å². The summed E-state index contributed by atoms with van der Waals surface area (Å²) < 4.78 is 108. The summed E-state index contributed by atoms with van der Waals surface area (Å²) >= 11 is 0. The smallest absolute Gasteiger partial charge is 0.202 e. The molecule has 1 radical (unpaired) electrons. The first kappa shape index (κ1) is 18.8. The summed E-state index contributed by atoms with van der Waals surface area (Å²) in [5.74, 6) is 0. The van der Waals surface area contributed by atoms with Gasteiger partial charge in [0.15, 0.2) is 0 Å². The molecule has 0 amide bonds. The zero-order valence-corrected chi connectivity index (χ0v) is 10.9. The standard InChI is InChI=1S/C2HF6NO4S2.Na/c3-1(4,5)14(10,11)9-15(12,13)2(6,7)8;/h9H;. The van der Waals surface area contributed by atoms with Crippen molar-refractivity contribution in [2.45, 2.75) is 11.0 Å². The van der Waals surface area contributed by atoms with Crippen LogP contribution in [0.1, 0.15) is 0 Å². The third-order valence-corrected chi connectivity index (χ3v) is 3.80. The molecule has 5 nitrogen and oxygen atoms in total. The minimum absolute atomic E-state index is 0. The van der Waals surface area contributed by atoms with Gasteiger partial charge in [-0.3, -0.25) is 0 Å². The van der Waals surface area contributed by atoms with Crippen LogP contribution in [0.2, 0.25) is 0 Å². The Labute approximate surface area is 108 Å². The molecule has 93 valence electrons. The summed E-state index contributed by atoms with van der Waals surface area (Å²) in [6.45, 7) is 0. The van der Waals surface area contributed by atoms with Crippen molar-refractivity contribution in [1.82, 2.24) is 4.13 Å². The van der Waals surface area contributed by atoms with E-state index in [1.165, 1.54) is 0 Å². The Morgan fingerprint density at radius 2 is 0.875 bits per heavy atom. The van der Waals surface area contributed by atoms with Crippen molar-refractivity contribution in [3.8, 4) is 0 Å². The summed E-state index contributed by atoms with van der Waals surface area (Å²) in [5.41, 5.74) is -12.3. The maximum absolute atomic E-state index is 11.5. The molecule has 0 saturated heterocycles. The van der Waals surface area contributed by atoms with Crippen LogP contribution in [0.15, 0.2) is 0 Å². The molecule has 0 bridgehead atoms. The van der Waals surface area contributed by atoms with Gasteiger partial charge in [-0.25, -0.2) is 16.8 Å². The summed E-state index contributed by atoms with van der Waals surface area (Å²) in [7, 11) is -13.2. The molecule has 0 heterocycles. The maximum Gasteiger partial charge on any atom is 0.512 e. The third-order valence-electron chi connectivity index (χ3n) is 0.829. The second-order valence-corrected chi connectivity index (χ2v) is 5.59. The Hall–Kier alpha value is 0.440. The molecule has 0 aromatic rings. The van der Waals surface area contributed by atoms with Crippen LogP contribution in [0.25, 0.3) is 0 Å².